The van der Waals surface area contributed by atoms with Crippen LogP contribution < -0.4 is 9.64 Å². The van der Waals surface area contributed by atoms with Gasteiger partial charge in [-0.15, -0.1) is 0 Å². The molecule has 106 valence electrons. The lowest BCUT2D eigenvalue weighted by Crippen LogP contribution is -3.14. The molecule has 0 amide bonds. The third kappa shape index (κ3) is 4.69. The molecule has 0 saturated carbocycles. The second-order valence-corrected chi connectivity index (χ2v) is 5.76. The van der Waals surface area contributed by atoms with Crippen molar-refractivity contribution < 1.29 is 14.4 Å². The Morgan fingerprint density at radius 3 is 2.37 bits per heavy atom. The van der Waals surface area contributed by atoms with Crippen molar-refractivity contribution in [1.29, 1.82) is 0 Å². The zero-order chi connectivity index (χ0) is 13.7. The third-order valence-corrected chi connectivity index (χ3v) is 3.86. The number of halogens is 3. The number of morpholine rings is 1. The first-order chi connectivity index (χ1) is 9.16. The summed E-state index contributed by atoms with van der Waals surface area (Å²) in [6.45, 7) is 5.53. The van der Waals surface area contributed by atoms with Crippen LogP contribution in [0.15, 0.2) is 12.1 Å². The van der Waals surface area contributed by atoms with Crippen molar-refractivity contribution in [2.24, 2.45) is 0 Å². The minimum Gasteiger partial charge on any atom is -0.490 e. The van der Waals surface area contributed by atoms with Crippen LogP contribution in [0.4, 0.5) is 0 Å². The second-order valence-electron chi connectivity index (χ2n) is 4.51. The van der Waals surface area contributed by atoms with Crippen LogP contribution in [0.25, 0.3) is 0 Å². The summed E-state index contributed by atoms with van der Waals surface area (Å²) in [4.78, 5) is 1.56. The lowest BCUT2D eigenvalue weighted by molar-refractivity contribution is -0.908. The Bertz CT molecular complexity index is 399. The molecular weight excluding hydrogens is 309 g/mol. The predicted molar refractivity (Wildman–Crippen MR) is 78.0 cm³/mol. The molecule has 0 bridgehead atoms. The van der Waals surface area contributed by atoms with Crippen molar-refractivity contribution in [1.82, 2.24) is 0 Å². The quantitative estimate of drug-likeness (QED) is 0.840. The minimum absolute atomic E-state index is 0.455. The van der Waals surface area contributed by atoms with Crippen LogP contribution in [0.5, 0.6) is 5.75 Å². The molecule has 3 nitrogen and oxygen atoms in total. The van der Waals surface area contributed by atoms with Gasteiger partial charge in [-0.25, -0.2) is 0 Å². The molecule has 1 aliphatic rings. The van der Waals surface area contributed by atoms with Gasteiger partial charge >= 0.3 is 0 Å². The van der Waals surface area contributed by atoms with E-state index in [1.54, 1.807) is 17.0 Å². The summed E-state index contributed by atoms with van der Waals surface area (Å²) < 4.78 is 11.0. The molecule has 0 unspecified atom stereocenters. The maximum absolute atomic E-state index is 6.05. The minimum atomic E-state index is 0.455. The molecule has 1 aromatic rings. The Morgan fingerprint density at radius 1 is 1.11 bits per heavy atom. The van der Waals surface area contributed by atoms with Gasteiger partial charge in [-0.05, 0) is 12.1 Å². The average Bonchev–Trinajstić information content (AvgIpc) is 2.38. The summed E-state index contributed by atoms with van der Waals surface area (Å²) in [5.74, 6) is 0.518. The summed E-state index contributed by atoms with van der Waals surface area (Å²) in [6, 6.07) is 3.27. The summed E-state index contributed by atoms with van der Waals surface area (Å²) in [5, 5.41) is 1.42. The first-order valence-corrected chi connectivity index (χ1v) is 7.49. The molecule has 0 spiro atoms. The predicted octanol–water partition coefficient (Wildman–Crippen LogP) is 2.33. The van der Waals surface area contributed by atoms with Crippen LogP contribution in [0, 0.1) is 0 Å². The fraction of sp³-hybridized carbons (Fsp3) is 0.538. The number of benzene rings is 1. The first-order valence-electron chi connectivity index (χ1n) is 6.35. The standard InChI is InChI=1S/C13H16Cl3NO2/c14-10-8-11(15)13(12(16)9-10)19-5-1-2-17-3-6-18-7-4-17/h8-9H,1-7H2/p+1. The van der Waals surface area contributed by atoms with Gasteiger partial charge in [-0.3, -0.25) is 0 Å². The lowest BCUT2D eigenvalue weighted by Gasteiger charge is -2.23. The normalized spacial score (nSPS) is 16.6. The van der Waals surface area contributed by atoms with E-state index in [-0.39, 0.29) is 0 Å². The van der Waals surface area contributed by atoms with Crippen molar-refractivity contribution in [2.75, 3.05) is 39.5 Å². The van der Waals surface area contributed by atoms with Gasteiger partial charge in [-0.2, -0.15) is 0 Å². The van der Waals surface area contributed by atoms with Gasteiger partial charge in [-0.1, -0.05) is 34.8 Å². The third-order valence-electron chi connectivity index (χ3n) is 3.08. The Morgan fingerprint density at radius 2 is 1.74 bits per heavy atom. The highest BCUT2D eigenvalue weighted by atomic mass is 35.5. The van der Waals surface area contributed by atoms with Crippen LogP contribution in [0.2, 0.25) is 15.1 Å². The number of ether oxygens (including phenoxy) is 2. The number of hydrogen-bond donors (Lipinski definition) is 1. The fourth-order valence-corrected chi connectivity index (χ4v) is 3.00. The van der Waals surface area contributed by atoms with E-state index in [4.69, 9.17) is 44.3 Å². The van der Waals surface area contributed by atoms with Crippen molar-refractivity contribution >= 4 is 34.8 Å². The van der Waals surface area contributed by atoms with Crippen molar-refractivity contribution in [3.05, 3.63) is 27.2 Å². The first kappa shape index (κ1) is 15.2. The van der Waals surface area contributed by atoms with Crippen LogP contribution in [-0.4, -0.2) is 39.5 Å². The zero-order valence-corrected chi connectivity index (χ0v) is 12.8. The van der Waals surface area contributed by atoms with Crippen LogP contribution in [-0.2, 0) is 4.74 Å². The number of hydrogen-bond acceptors (Lipinski definition) is 2. The molecule has 1 fully saturated rings. The van der Waals surface area contributed by atoms with E-state index in [0.717, 1.165) is 39.3 Å². The van der Waals surface area contributed by atoms with Crippen molar-refractivity contribution in [3.63, 3.8) is 0 Å². The van der Waals surface area contributed by atoms with Gasteiger partial charge in [0.25, 0.3) is 0 Å². The molecule has 0 atom stereocenters. The van der Waals surface area contributed by atoms with Crippen molar-refractivity contribution in [3.8, 4) is 5.75 Å². The molecule has 1 aliphatic heterocycles. The summed E-state index contributed by atoms with van der Waals surface area (Å²) >= 11 is 17.9. The summed E-state index contributed by atoms with van der Waals surface area (Å²) in [6.07, 6.45) is 0.963. The van der Waals surface area contributed by atoms with Crippen LogP contribution in [0.1, 0.15) is 6.42 Å². The van der Waals surface area contributed by atoms with Crippen LogP contribution in [0.3, 0.4) is 0 Å². The van der Waals surface area contributed by atoms with Gasteiger partial charge in [0.1, 0.15) is 13.1 Å². The van der Waals surface area contributed by atoms with E-state index in [1.165, 1.54) is 0 Å². The van der Waals surface area contributed by atoms with Crippen LogP contribution >= 0.6 is 34.8 Å². The number of rotatable bonds is 5. The highest BCUT2D eigenvalue weighted by Crippen LogP contribution is 2.35. The Labute approximate surface area is 128 Å². The molecule has 1 N–H and O–H groups in total. The van der Waals surface area contributed by atoms with Gasteiger partial charge in [0, 0.05) is 11.4 Å². The number of nitrogens with one attached hydrogen (secondary N) is 1. The molecule has 1 aromatic carbocycles. The molecule has 19 heavy (non-hydrogen) atoms. The molecule has 0 radical (unpaired) electrons. The van der Waals surface area contributed by atoms with Gasteiger partial charge in [0.2, 0.25) is 0 Å². The topological polar surface area (TPSA) is 22.9 Å². The SMILES string of the molecule is Clc1cc(Cl)c(OCCC[NH+]2CCOCC2)c(Cl)c1. The van der Waals surface area contributed by atoms with E-state index in [1.807, 2.05) is 0 Å². The molecule has 2 rings (SSSR count). The van der Waals surface area contributed by atoms with Crippen molar-refractivity contribution in [2.45, 2.75) is 6.42 Å². The Hall–Kier alpha value is -0.190. The Balaban J connectivity index is 1.76. The summed E-state index contributed by atoms with van der Waals surface area (Å²) in [5.41, 5.74) is 0. The molecule has 6 heteroatoms. The maximum Gasteiger partial charge on any atom is 0.156 e. The average molecular weight is 326 g/mol. The molecule has 1 saturated heterocycles. The Kier molecular flexibility index (Phi) is 6.05. The highest BCUT2D eigenvalue weighted by Gasteiger charge is 2.14. The lowest BCUT2D eigenvalue weighted by atomic mass is 10.3. The van der Waals surface area contributed by atoms with Gasteiger partial charge < -0.3 is 14.4 Å². The monoisotopic (exact) mass is 324 g/mol. The molecular formula is C13H17Cl3NO2+. The molecule has 1 heterocycles. The van der Waals surface area contributed by atoms with E-state index >= 15 is 0 Å². The van der Waals surface area contributed by atoms with E-state index < -0.39 is 0 Å². The van der Waals surface area contributed by atoms with E-state index in [9.17, 15) is 0 Å². The van der Waals surface area contributed by atoms with Gasteiger partial charge in [0.15, 0.2) is 5.75 Å². The fourth-order valence-electron chi connectivity index (χ4n) is 2.07. The molecule has 0 aromatic heterocycles. The maximum atomic E-state index is 6.05. The smallest absolute Gasteiger partial charge is 0.156 e. The summed E-state index contributed by atoms with van der Waals surface area (Å²) in [7, 11) is 0. The zero-order valence-electron chi connectivity index (χ0n) is 10.6. The largest absolute Gasteiger partial charge is 0.490 e. The second kappa shape index (κ2) is 7.55. The van der Waals surface area contributed by atoms with E-state index in [2.05, 4.69) is 0 Å². The van der Waals surface area contributed by atoms with Gasteiger partial charge in [0.05, 0.1) is 36.4 Å². The number of quaternary nitrogens is 1. The molecule has 0 aliphatic carbocycles. The van der Waals surface area contributed by atoms with E-state index in [0.29, 0.717) is 27.4 Å². The highest BCUT2D eigenvalue weighted by molar-refractivity contribution is 6.40.